The van der Waals surface area contributed by atoms with Crippen molar-refractivity contribution in [1.29, 1.82) is 0 Å². The fourth-order valence-electron chi connectivity index (χ4n) is 3.03. The molecule has 0 radical (unpaired) electrons. The molecule has 3 rings (SSSR count). The van der Waals surface area contributed by atoms with Crippen molar-refractivity contribution >= 4 is 44.6 Å². The molecule has 3 aromatic carbocycles. The summed E-state index contributed by atoms with van der Waals surface area (Å²) in [5.41, 5.74) is 11.9. The minimum Gasteiger partial charge on any atom is -0.744 e. The number of carbonyl (C=O) groups excluding carboxylic acids is 2. The van der Waals surface area contributed by atoms with E-state index in [2.05, 4.69) is 10.3 Å². The average molecular weight is 545 g/mol. The Morgan fingerprint density at radius 3 is 2.21 bits per heavy atom. The van der Waals surface area contributed by atoms with E-state index in [1.807, 2.05) is 19.1 Å². The molecule has 6 N–H and O–H groups in total. The fraction of sp³-hybridized carbons (Fsp3) is 0.269. The first kappa shape index (κ1) is 30.1. The number of benzene rings is 3. The van der Waals surface area contributed by atoms with Gasteiger partial charge in [0.25, 0.3) is 0 Å². The molecule has 0 fully saturated rings. The monoisotopic (exact) mass is 544 g/mol. The van der Waals surface area contributed by atoms with Crippen molar-refractivity contribution in [3.63, 3.8) is 0 Å². The van der Waals surface area contributed by atoms with Crippen LogP contribution in [0.25, 0.3) is 10.8 Å². The highest BCUT2D eigenvalue weighted by Crippen LogP contribution is 2.27. The summed E-state index contributed by atoms with van der Waals surface area (Å²) in [6, 6.07) is 15.6. The molecule has 38 heavy (non-hydrogen) atoms. The second kappa shape index (κ2) is 12.4. The summed E-state index contributed by atoms with van der Waals surface area (Å²) in [6.07, 6.45) is -0.684. The van der Waals surface area contributed by atoms with Crippen molar-refractivity contribution in [2.75, 3.05) is 0 Å². The Balaban J connectivity index is 0.000000384. The van der Waals surface area contributed by atoms with Gasteiger partial charge in [-0.2, -0.15) is 0 Å². The van der Waals surface area contributed by atoms with Gasteiger partial charge in [-0.05, 0) is 76.4 Å². The summed E-state index contributed by atoms with van der Waals surface area (Å²) in [7, 11) is -4.27. The second-order valence-corrected chi connectivity index (χ2v) is 10.7. The highest BCUT2D eigenvalue weighted by Gasteiger charge is 2.22. The van der Waals surface area contributed by atoms with Gasteiger partial charge >= 0.3 is 18.0 Å². The van der Waals surface area contributed by atoms with Crippen LogP contribution in [0.3, 0.4) is 0 Å². The van der Waals surface area contributed by atoms with Gasteiger partial charge in [-0.1, -0.05) is 29.8 Å². The van der Waals surface area contributed by atoms with Crippen molar-refractivity contribution in [1.82, 2.24) is 5.32 Å². The van der Waals surface area contributed by atoms with E-state index in [-0.39, 0.29) is 10.9 Å². The van der Waals surface area contributed by atoms with Crippen molar-refractivity contribution in [2.45, 2.75) is 51.2 Å². The van der Waals surface area contributed by atoms with Crippen LogP contribution in [-0.2, 0) is 19.6 Å². The number of nitrogens with two attached hydrogens (primary N) is 2. The predicted molar refractivity (Wildman–Crippen MR) is 142 cm³/mol. The average Bonchev–Trinajstić information content (AvgIpc) is 2.77. The van der Waals surface area contributed by atoms with Crippen molar-refractivity contribution < 1.29 is 37.0 Å². The van der Waals surface area contributed by atoms with Crippen LogP contribution in [0.5, 0.6) is 5.75 Å². The first-order valence-electron chi connectivity index (χ1n) is 11.5. The second-order valence-electron chi connectivity index (χ2n) is 9.33. The van der Waals surface area contributed by atoms with E-state index in [1.54, 1.807) is 57.2 Å². The maximum Gasteiger partial charge on any atom is 0.408 e. The number of fused-ring (bicyclic) bond motifs is 1. The summed E-state index contributed by atoms with van der Waals surface area (Å²) >= 11 is 0. The van der Waals surface area contributed by atoms with Gasteiger partial charge in [-0.15, -0.1) is 0 Å². The molecule has 0 saturated heterocycles. The Kier molecular flexibility index (Phi) is 9.80. The Labute approximate surface area is 221 Å². The number of rotatable bonds is 5. The van der Waals surface area contributed by atoms with Crippen LogP contribution < -0.4 is 26.5 Å². The van der Waals surface area contributed by atoms with E-state index in [4.69, 9.17) is 20.9 Å². The van der Waals surface area contributed by atoms with Crippen LogP contribution >= 0.6 is 0 Å². The lowest BCUT2D eigenvalue weighted by Gasteiger charge is -2.21. The number of alkyl carbamates (subject to hydrolysis) is 1. The van der Waals surface area contributed by atoms with Gasteiger partial charge in [0.15, 0.2) is 0 Å². The topological polar surface area (TPSA) is 188 Å². The predicted octanol–water partition coefficient (Wildman–Crippen LogP) is 1.54. The normalized spacial score (nSPS) is 11.9. The van der Waals surface area contributed by atoms with Crippen LogP contribution in [-0.4, -0.2) is 42.6 Å². The summed E-state index contributed by atoms with van der Waals surface area (Å²) in [5, 5.41) is 4.02. The van der Waals surface area contributed by atoms with E-state index in [0.29, 0.717) is 11.4 Å². The molecule has 0 saturated carbocycles. The van der Waals surface area contributed by atoms with Crippen molar-refractivity contribution in [3.8, 4) is 5.75 Å². The van der Waals surface area contributed by atoms with Gasteiger partial charge in [-0.25, -0.2) is 23.0 Å². The summed E-state index contributed by atoms with van der Waals surface area (Å²) in [5.74, 6) is -0.138. The molecule has 0 aliphatic carbocycles. The molecular weight excluding hydrogens is 512 g/mol. The SMILES string of the molecule is C[C@@H](NC(=O)OC(C)(C)C)C(=O)Oc1cccc2cc([NH+]=C(N)N)ccc12.Cc1ccc(S(=O)(=O)[O-])cc1. The molecule has 11 nitrogen and oxygen atoms in total. The van der Waals surface area contributed by atoms with E-state index in [1.165, 1.54) is 19.1 Å². The molecule has 0 heterocycles. The number of guanidine groups is 1. The number of esters is 1. The van der Waals surface area contributed by atoms with Gasteiger partial charge in [0.2, 0.25) is 0 Å². The molecule has 0 aliphatic heterocycles. The lowest BCUT2D eigenvalue weighted by molar-refractivity contribution is -0.356. The van der Waals surface area contributed by atoms with Crippen LogP contribution in [0.2, 0.25) is 0 Å². The largest absolute Gasteiger partial charge is 0.744 e. The highest BCUT2D eigenvalue weighted by atomic mass is 32.2. The Hall–Kier alpha value is -4.16. The summed E-state index contributed by atoms with van der Waals surface area (Å²) < 4.78 is 41.8. The van der Waals surface area contributed by atoms with E-state index in [0.717, 1.165) is 16.3 Å². The number of ether oxygens (including phenoxy) is 2. The third-order valence-electron chi connectivity index (χ3n) is 4.74. The minimum atomic E-state index is -4.27. The van der Waals surface area contributed by atoms with Gasteiger partial charge in [0.1, 0.15) is 27.5 Å². The molecule has 0 aromatic heterocycles. The fourth-order valence-corrected chi connectivity index (χ4v) is 3.50. The summed E-state index contributed by atoms with van der Waals surface area (Å²) in [6.45, 7) is 8.57. The van der Waals surface area contributed by atoms with Gasteiger partial charge < -0.3 is 19.3 Å². The highest BCUT2D eigenvalue weighted by molar-refractivity contribution is 7.85. The Morgan fingerprint density at radius 2 is 1.66 bits per heavy atom. The van der Waals surface area contributed by atoms with E-state index >= 15 is 0 Å². The molecule has 1 amide bonds. The zero-order valence-electron chi connectivity index (χ0n) is 21.8. The van der Waals surface area contributed by atoms with E-state index in [9.17, 15) is 22.6 Å². The van der Waals surface area contributed by atoms with Gasteiger partial charge in [0.05, 0.1) is 10.6 Å². The van der Waals surface area contributed by atoms with Crippen LogP contribution in [0.4, 0.5) is 10.5 Å². The first-order chi connectivity index (χ1) is 17.5. The molecule has 12 heteroatoms. The lowest BCUT2D eigenvalue weighted by Crippen LogP contribution is -2.72. The number of carbonyl (C=O) groups is 2. The Bertz CT molecular complexity index is 1430. The standard InChI is InChI=1S/C19H24N4O4.C7H8O3S/c1-11(22-18(25)27-19(2,3)4)16(24)26-15-7-5-6-12-10-13(23-17(20)21)8-9-14(12)15;1-6-2-4-7(5-3-6)11(8,9)10/h5-11H,1-4H3,(H,22,25)(H4,20,21,23);2-5H,1H3,(H,8,9,10)/t11-;/m1./s1. The van der Waals surface area contributed by atoms with Crippen LogP contribution in [0, 0.1) is 6.92 Å². The zero-order valence-corrected chi connectivity index (χ0v) is 22.6. The minimum absolute atomic E-state index is 0.0824. The molecular formula is C26H32N4O7S. The quantitative estimate of drug-likeness (QED) is 0.121. The molecule has 0 spiro atoms. The first-order valence-corrected chi connectivity index (χ1v) is 12.9. The Morgan fingerprint density at radius 1 is 1.03 bits per heavy atom. The summed E-state index contributed by atoms with van der Waals surface area (Å²) in [4.78, 5) is 26.8. The molecule has 0 unspecified atom stereocenters. The number of hydrogen-bond donors (Lipinski definition) is 4. The maximum absolute atomic E-state index is 12.3. The smallest absolute Gasteiger partial charge is 0.408 e. The number of nitrogens with one attached hydrogen (secondary N) is 2. The zero-order chi connectivity index (χ0) is 28.7. The van der Waals surface area contributed by atoms with Crippen LogP contribution in [0.1, 0.15) is 33.3 Å². The third-order valence-corrected chi connectivity index (χ3v) is 5.59. The van der Waals surface area contributed by atoms with E-state index < -0.39 is 33.8 Å². The third kappa shape index (κ3) is 9.71. The van der Waals surface area contributed by atoms with Crippen molar-refractivity contribution in [2.24, 2.45) is 11.5 Å². The lowest BCUT2D eigenvalue weighted by atomic mass is 10.1. The molecule has 0 aliphatic rings. The molecule has 204 valence electrons. The number of amides is 1. The number of aryl methyl sites for hydroxylation is 1. The van der Waals surface area contributed by atoms with Gasteiger partial charge in [0, 0.05) is 5.39 Å². The van der Waals surface area contributed by atoms with Gasteiger partial charge in [-0.3, -0.25) is 11.5 Å². The molecule has 0 bridgehead atoms. The maximum atomic E-state index is 12.3. The molecule has 3 aromatic rings. The van der Waals surface area contributed by atoms with Crippen LogP contribution in [0.15, 0.2) is 65.6 Å². The van der Waals surface area contributed by atoms with Crippen molar-refractivity contribution in [3.05, 3.63) is 66.2 Å². The number of hydrogen-bond acceptors (Lipinski definition) is 7. The molecule has 1 atom stereocenters.